The van der Waals surface area contributed by atoms with E-state index in [0.717, 1.165) is 25.7 Å². The number of amides is 3. The SMILES string of the molecule is O=C(NCCCc1ccccc1)NCC1CCN(C(=O)/C=C/c2ccco2)CC1. The van der Waals surface area contributed by atoms with Crippen LogP contribution in [0.5, 0.6) is 0 Å². The highest BCUT2D eigenvalue weighted by molar-refractivity contribution is 5.91. The predicted octanol–water partition coefficient (Wildman–Crippen LogP) is 3.46. The molecule has 29 heavy (non-hydrogen) atoms. The lowest BCUT2D eigenvalue weighted by Crippen LogP contribution is -2.43. The zero-order valence-corrected chi connectivity index (χ0v) is 16.7. The molecule has 3 rings (SSSR count). The van der Waals surface area contributed by atoms with Gasteiger partial charge in [0.05, 0.1) is 6.26 Å². The molecule has 1 aromatic heterocycles. The highest BCUT2D eigenvalue weighted by Crippen LogP contribution is 2.17. The number of aryl methyl sites for hydroxylation is 1. The number of carbonyl (C=O) groups is 2. The van der Waals surface area contributed by atoms with Crippen molar-refractivity contribution in [1.82, 2.24) is 15.5 Å². The summed E-state index contributed by atoms with van der Waals surface area (Å²) in [6.45, 7) is 2.74. The maximum atomic E-state index is 12.2. The van der Waals surface area contributed by atoms with Crippen LogP contribution < -0.4 is 10.6 Å². The Bertz CT molecular complexity index is 779. The molecule has 0 radical (unpaired) electrons. The molecule has 6 nitrogen and oxygen atoms in total. The first kappa shape index (κ1) is 20.7. The third kappa shape index (κ3) is 7.14. The molecule has 1 saturated heterocycles. The van der Waals surface area contributed by atoms with E-state index in [1.807, 2.05) is 29.2 Å². The molecule has 0 spiro atoms. The highest BCUT2D eigenvalue weighted by atomic mass is 16.3. The first-order chi connectivity index (χ1) is 14.2. The Morgan fingerprint density at radius 3 is 2.59 bits per heavy atom. The van der Waals surface area contributed by atoms with Gasteiger partial charge >= 0.3 is 6.03 Å². The van der Waals surface area contributed by atoms with Crippen LogP contribution >= 0.6 is 0 Å². The summed E-state index contributed by atoms with van der Waals surface area (Å²) in [5, 5.41) is 5.88. The zero-order valence-electron chi connectivity index (χ0n) is 16.7. The number of hydrogen-bond donors (Lipinski definition) is 2. The van der Waals surface area contributed by atoms with Gasteiger partial charge in [0.25, 0.3) is 0 Å². The standard InChI is InChI=1S/C23H29N3O3/c27-22(11-10-21-9-5-17-29-21)26-15-12-20(13-16-26)18-25-23(28)24-14-4-8-19-6-2-1-3-7-19/h1-3,5-7,9-11,17,20H,4,8,12-16,18H2,(H2,24,25,28)/b11-10+. The number of furan rings is 1. The highest BCUT2D eigenvalue weighted by Gasteiger charge is 2.21. The van der Waals surface area contributed by atoms with Gasteiger partial charge in [0.2, 0.25) is 5.91 Å². The average molecular weight is 396 g/mol. The van der Waals surface area contributed by atoms with Crippen LogP contribution in [0.15, 0.2) is 59.2 Å². The van der Waals surface area contributed by atoms with Crippen molar-refractivity contribution in [1.29, 1.82) is 0 Å². The summed E-state index contributed by atoms with van der Waals surface area (Å²) in [6, 6.07) is 13.8. The van der Waals surface area contributed by atoms with E-state index in [9.17, 15) is 9.59 Å². The van der Waals surface area contributed by atoms with Gasteiger partial charge in [-0.3, -0.25) is 4.79 Å². The first-order valence-corrected chi connectivity index (χ1v) is 10.3. The van der Waals surface area contributed by atoms with Crippen molar-refractivity contribution in [3.8, 4) is 0 Å². The van der Waals surface area contributed by atoms with Crippen LogP contribution in [0.25, 0.3) is 6.08 Å². The molecular formula is C23H29N3O3. The molecule has 2 heterocycles. The number of urea groups is 1. The van der Waals surface area contributed by atoms with E-state index in [1.165, 1.54) is 5.56 Å². The van der Waals surface area contributed by atoms with E-state index in [0.29, 0.717) is 37.9 Å². The molecule has 1 aliphatic heterocycles. The Labute approximate surface area is 172 Å². The van der Waals surface area contributed by atoms with Crippen LogP contribution in [0.2, 0.25) is 0 Å². The number of piperidine rings is 1. The number of likely N-dealkylation sites (tertiary alicyclic amines) is 1. The summed E-state index contributed by atoms with van der Waals surface area (Å²) in [5.74, 6) is 1.08. The minimum absolute atomic E-state index is 0.00367. The fraction of sp³-hybridized carbons (Fsp3) is 0.391. The van der Waals surface area contributed by atoms with E-state index in [1.54, 1.807) is 24.5 Å². The lowest BCUT2D eigenvalue weighted by Gasteiger charge is -2.31. The van der Waals surface area contributed by atoms with Gasteiger partial charge in [-0.05, 0) is 55.4 Å². The van der Waals surface area contributed by atoms with E-state index in [-0.39, 0.29) is 11.9 Å². The summed E-state index contributed by atoms with van der Waals surface area (Å²) in [4.78, 5) is 26.0. The summed E-state index contributed by atoms with van der Waals surface area (Å²) < 4.78 is 5.20. The lowest BCUT2D eigenvalue weighted by molar-refractivity contribution is -0.127. The second-order valence-electron chi connectivity index (χ2n) is 7.34. The van der Waals surface area contributed by atoms with Crippen molar-refractivity contribution >= 4 is 18.0 Å². The van der Waals surface area contributed by atoms with E-state index in [2.05, 4.69) is 22.8 Å². The van der Waals surface area contributed by atoms with Gasteiger partial charge in [0.1, 0.15) is 5.76 Å². The molecule has 1 aliphatic rings. The molecule has 0 atom stereocenters. The summed E-state index contributed by atoms with van der Waals surface area (Å²) in [6.07, 6.45) is 8.51. The van der Waals surface area contributed by atoms with Crippen molar-refractivity contribution in [3.05, 3.63) is 66.1 Å². The summed E-state index contributed by atoms with van der Waals surface area (Å²) in [7, 11) is 0. The van der Waals surface area contributed by atoms with E-state index < -0.39 is 0 Å². The van der Waals surface area contributed by atoms with Gasteiger partial charge in [-0.2, -0.15) is 0 Å². The molecule has 6 heteroatoms. The van der Waals surface area contributed by atoms with Crippen LogP contribution in [0, 0.1) is 5.92 Å². The summed E-state index contributed by atoms with van der Waals surface area (Å²) in [5.41, 5.74) is 1.29. The van der Waals surface area contributed by atoms with Crippen molar-refractivity contribution in [3.63, 3.8) is 0 Å². The van der Waals surface area contributed by atoms with Gasteiger partial charge < -0.3 is 20.0 Å². The molecule has 0 unspecified atom stereocenters. The number of benzene rings is 1. The molecule has 0 bridgehead atoms. The molecule has 154 valence electrons. The lowest BCUT2D eigenvalue weighted by atomic mass is 9.97. The van der Waals surface area contributed by atoms with Gasteiger partial charge in [-0.15, -0.1) is 0 Å². The predicted molar refractivity (Wildman–Crippen MR) is 113 cm³/mol. The quantitative estimate of drug-likeness (QED) is 0.531. The Hall–Kier alpha value is -3.02. The Kier molecular flexibility index (Phi) is 7.92. The van der Waals surface area contributed by atoms with Crippen LogP contribution in [0.4, 0.5) is 4.79 Å². The molecule has 0 saturated carbocycles. The minimum atomic E-state index is -0.113. The fourth-order valence-corrected chi connectivity index (χ4v) is 3.44. The van der Waals surface area contributed by atoms with Gasteiger partial charge in [0.15, 0.2) is 0 Å². The maximum absolute atomic E-state index is 12.2. The molecule has 2 aromatic rings. The van der Waals surface area contributed by atoms with Gasteiger partial charge in [-0.25, -0.2) is 4.79 Å². The van der Waals surface area contributed by atoms with Crippen LogP contribution in [-0.4, -0.2) is 43.0 Å². The smallest absolute Gasteiger partial charge is 0.314 e. The first-order valence-electron chi connectivity index (χ1n) is 10.3. The summed E-state index contributed by atoms with van der Waals surface area (Å²) >= 11 is 0. The second kappa shape index (κ2) is 11.1. The third-order valence-electron chi connectivity index (χ3n) is 5.18. The molecule has 1 aromatic carbocycles. The maximum Gasteiger partial charge on any atom is 0.314 e. The average Bonchev–Trinajstić information content (AvgIpc) is 3.28. The normalized spacial score (nSPS) is 14.8. The van der Waals surface area contributed by atoms with Crippen molar-refractivity contribution in [2.45, 2.75) is 25.7 Å². The molecule has 0 aliphatic carbocycles. The van der Waals surface area contributed by atoms with E-state index in [4.69, 9.17) is 4.42 Å². The number of nitrogens with one attached hydrogen (secondary N) is 2. The van der Waals surface area contributed by atoms with Gasteiger partial charge in [-0.1, -0.05) is 30.3 Å². The second-order valence-corrected chi connectivity index (χ2v) is 7.34. The number of rotatable bonds is 8. The topological polar surface area (TPSA) is 74.6 Å². The van der Waals surface area contributed by atoms with Crippen LogP contribution in [-0.2, 0) is 11.2 Å². The number of nitrogens with zero attached hydrogens (tertiary/aromatic N) is 1. The number of carbonyl (C=O) groups excluding carboxylic acids is 2. The Morgan fingerprint density at radius 2 is 1.86 bits per heavy atom. The third-order valence-corrected chi connectivity index (χ3v) is 5.18. The van der Waals surface area contributed by atoms with Crippen LogP contribution in [0.3, 0.4) is 0 Å². The monoisotopic (exact) mass is 395 g/mol. The van der Waals surface area contributed by atoms with E-state index >= 15 is 0 Å². The Morgan fingerprint density at radius 1 is 1.07 bits per heavy atom. The van der Waals surface area contributed by atoms with Gasteiger partial charge in [0, 0.05) is 32.3 Å². The largest absolute Gasteiger partial charge is 0.465 e. The van der Waals surface area contributed by atoms with Crippen molar-refractivity contribution < 1.29 is 14.0 Å². The van der Waals surface area contributed by atoms with Crippen LogP contribution in [0.1, 0.15) is 30.6 Å². The van der Waals surface area contributed by atoms with Crippen molar-refractivity contribution in [2.75, 3.05) is 26.2 Å². The molecule has 1 fully saturated rings. The number of hydrogen-bond acceptors (Lipinski definition) is 3. The molecule has 2 N–H and O–H groups in total. The van der Waals surface area contributed by atoms with Crippen molar-refractivity contribution in [2.24, 2.45) is 5.92 Å². The minimum Gasteiger partial charge on any atom is -0.465 e. The molecular weight excluding hydrogens is 366 g/mol. The zero-order chi connectivity index (χ0) is 20.3. The Balaban J connectivity index is 1.26. The fourth-order valence-electron chi connectivity index (χ4n) is 3.44. The molecule has 3 amide bonds.